The quantitative estimate of drug-likeness (QED) is 0.815. The third-order valence-electron chi connectivity index (χ3n) is 4.93. The Morgan fingerprint density at radius 3 is 2.06 bits per heavy atom. The largest absolute Gasteiger partial charge is 0.314 e. The van der Waals surface area contributed by atoms with Crippen LogP contribution in [0.25, 0.3) is 0 Å². The summed E-state index contributed by atoms with van der Waals surface area (Å²) in [4.78, 5) is 5.41. The van der Waals surface area contributed by atoms with Gasteiger partial charge in [-0.3, -0.25) is 0 Å². The first-order valence-electron chi connectivity index (χ1n) is 7.97. The van der Waals surface area contributed by atoms with E-state index in [0.717, 1.165) is 17.9 Å². The monoisotopic (exact) mass is 251 g/mol. The van der Waals surface area contributed by atoms with Crippen LogP contribution in [0, 0.1) is 11.8 Å². The number of hydrogen-bond donors (Lipinski definition) is 1. The van der Waals surface area contributed by atoms with Gasteiger partial charge in [-0.25, -0.2) is 0 Å². The molecular weight excluding hydrogens is 222 g/mol. The molecule has 0 aromatic rings. The van der Waals surface area contributed by atoms with Gasteiger partial charge in [0.25, 0.3) is 0 Å². The minimum Gasteiger partial charge on any atom is -0.314 e. The van der Waals surface area contributed by atoms with Crippen molar-refractivity contribution in [1.82, 2.24) is 15.1 Å². The van der Waals surface area contributed by atoms with E-state index < -0.39 is 0 Å². The van der Waals surface area contributed by atoms with Gasteiger partial charge >= 0.3 is 0 Å². The van der Waals surface area contributed by atoms with E-state index in [2.05, 4.69) is 22.0 Å². The Balaban J connectivity index is 1.36. The van der Waals surface area contributed by atoms with Crippen molar-refractivity contribution in [3.63, 3.8) is 0 Å². The fourth-order valence-electron chi connectivity index (χ4n) is 3.59. The summed E-state index contributed by atoms with van der Waals surface area (Å²) in [6.45, 7) is 11.6. The lowest BCUT2D eigenvalue weighted by Gasteiger charge is -2.38. The average Bonchev–Trinajstić information content (AvgIpc) is 3.16. The molecule has 0 amide bonds. The number of piperazine rings is 1. The molecule has 0 radical (unpaired) electrons. The maximum Gasteiger partial charge on any atom is 0.0110 e. The predicted octanol–water partition coefficient (Wildman–Crippen LogP) is 1.40. The first-order valence-corrected chi connectivity index (χ1v) is 7.97. The number of rotatable bonds is 4. The summed E-state index contributed by atoms with van der Waals surface area (Å²) in [6.07, 6.45) is 5.75. The Labute approximate surface area is 112 Å². The van der Waals surface area contributed by atoms with Crippen molar-refractivity contribution in [2.24, 2.45) is 11.8 Å². The van der Waals surface area contributed by atoms with Crippen LogP contribution in [-0.2, 0) is 0 Å². The lowest BCUT2D eigenvalue weighted by atomic mass is 9.92. The highest BCUT2D eigenvalue weighted by atomic mass is 15.3. The Morgan fingerprint density at radius 1 is 0.889 bits per heavy atom. The minimum atomic E-state index is 0.736. The molecule has 0 bridgehead atoms. The highest BCUT2D eigenvalue weighted by Gasteiger charge is 2.27. The second-order valence-corrected chi connectivity index (χ2v) is 6.79. The van der Waals surface area contributed by atoms with Crippen molar-refractivity contribution >= 4 is 0 Å². The van der Waals surface area contributed by atoms with Gasteiger partial charge in [0.2, 0.25) is 0 Å². The van der Waals surface area contributed by atoms with Crippen molar-refractivity contribution in [3.05, 3.63) is 0 Å². The fraction of sp³-hybridized carbons (Fsp3) is 1.00. The van der Waals surface area contributed by atoms with Gasteiger partial charge in [-0.1, -0.05) is 0 Å². The van der Waals surface area contributed by atoms with Gasteiger partial charge in [-0.15, -0.1) is 0 Å². The molecule has 3 nitrogen and oxygen atoms in total. The van der Waals surface area contributed by atoms with Crippen LogP contribution in [0.5, 0.6) is 0 Å². The summed E-state index contributed by atoms with van der Waals surface area (Å²) in [6, 6.07) is 0.736. The summed E-state index contributed by atoms with van der Waals surface area (Å²) < 4.78 is 0. The first kappa shape index (κ1) is 12.9. The number of hydrogen-bond acceptors (Lipinski definition) is 3. The predicted molar refractivity (Wildman–Crippen MR) is 75.8 cm³/mol. The molecule has 2 heterocycles. The van der Waals surface area contributed by atoms with Crippen molar-refractivity contribution in [3.8, 4) is 0 Å². The topological polar surface area (TPSA) is 18.5 Å². The van der Waals surface area contributed by atoms with E-state index in [1.165, 1.54) is 71.5 Å². The van der Waals surface area contributed by atoms with Crippen molar-refractivity contribution in [2.45, 2.75) is 38.6 Å². The second-order valence-electron chi connectivity index (χ2n) is 6.79. The van der Waals surface area contributed by atoms with Crippen LogP contribution < -0.4 is 5.32 Å². The van der Waals surface area contributed by atoms with Crippen LogP contribution in [0.2, 0.25) is 0 Å². The molecule has 2 atom stereocenters. The van der Waals surface area contributed by atoms with E-state index >= 15 is 0 Å². The molecule has 18 heavy (non-hydrogen) atoms. The zero-order chi connectivity index (χ0) is 12.4. The third kappa shape index (κ3) is 3.69. The third-order valence-corrected chi connectivity index (χ3v) is 4.93. The van der Waals surface area contributed by atoms with E-state index in [0.29, 0.717) is 0 Å². The Kier molecular flexibility index (Phi) is 4.22. The lowest BCUT2D eigenvalue weighted by molar-refractivity contribution is 0.105. The van der Waals surface area contributed by atoms with Gasteiger partial charge in [-0.05, 0) is 51.0 Å². The van der Waals surface area contributed by atoms with Crippen molar-refractivity contribution in [2.75, 3.05) is 45.8 Å². The van der Waals surface area contributed by atoms with Crippen LogP contribution in [0.4, 0.5) is 0 Å². The van der Waals surface area contributed by atoms with Gasteiger partial charge in [0, 0.05) is 45.3 Å². The molecule has 3 aliphatic rings. The molecule has 3 heteroatoms. The number of nitrogens with zero attached hydrogens (tertiary/aromatic N) is 2. The standard InChI is InChI=1S/C15H29N3/c1-13-10-15(4-5-16-13)12-18-8-6-17(7-9-18)11-14-2-3-14/h13-16H,2-12H2,1H3. The SMILES string of the molecule is CC1CC(CN2CCN(CC3CC3)CC2)CCN1. The Hall–Kier alpha value is -0.120. The summed E-state index contributed by atoms with van der Waals surface area (Å²) in [5.41, 5.74) is 0. The minimum absolute atomic E-state index is 0.736. The van der Waals surface area contributed by atoms with Gasteiger partial charge in [0.1, 0.15) is 0 Å². The molecule has 0 aromatic carbocycles. The smallest absolute Gasteiger partial charge is 0.0110 e. The molecule has 1 N–H and O–H groups in total. The molecule has 1 saturated carbocycles. The van der Waals surface area contributed by atoms with Gasteiger partial charge < -0.3 is 15.1 Å². The zero-order valence-electron chi connectivity index (χ0n) is 11.9. The molecule has 3 rings (SSSR count). The summed E-state index contributed by atoms with van der Waals surface area (Å²) in [7, 11) is 0. The number of piperidine rings is 1. The van der Waals surface area contributed by atoms with Crippen LogP contribution in [0.15, 0.2) is 0 Å². The van der Waals surface area contributed by atoms with Crippen LogP contribution >= 0.6 is 0 Å². The normalized spacial score (nSPS) is 35.8. The zero-order valence-corrected chi connectivity index (χ0v) is 11.9. The molecular formula is C15H29N3. The summed E-state index contributed by atoms with van der Waals surface area (Å²) in [5, 5.41) is 3.56. The fourth-order valence-corrected chi connectivity index (χ4v) is 3.59. The highest BCUT2D eigenvalue weighted by Crippen LogP contribution is 2.30. The first-order chi connectivity index (χ1) is 8.79. The number of nitrogens with one attached hydrogen (secondary N) is 1. The molecule has 3 fully saturated rings. The molecule has 2 aliphatic heterocycles. The molecule has 2 unspecified atom stereocenters. The second kappa shape index (κ2) is 5.89. The van der Waals surface area contributed by atoms with Crippen molar-refractivity contribution < 1.29 is 0 Å². The maximum atomic E-state index is 3.56. The summed E-state index contributed by atoms with van der Waals surface area (Å²) in [5.74, 6) is 2.00. The van der Waals surface area contributed by atoms with Crippen LogP contribution in [0.1, 0.15) is 32.6 Å². The molecule has 0 spiro atoms. The Bertz CT molecular complexity index is 256. The lowest BCUT2D eigenvalue weighted by Crippen LogP contribution is -2.49. The molecule has 1 aliphatic carbocycles. The van der Waals surface area contributed by atoms with E-state index in [1.807, 2.05) is 0 Å². The summed E-state index contributed by atoms with van der Waals surface area (Å²) >= 11 is 0. The van der Waals surface area contributed by atoms with E-state index in [4.69, 9.17) is 0 Å². The van der Waals surface area contributed by atoms with Crippen LogP contribution in [0.3, 0.4) is 0 Å². The van der Waals surface area contributed by atoms with Gasteiger partial charge in [-0.2, -0.15) is 0 Å². The maximum absolute atomic E-state index is 3.56. The van der Waals surface area contributed by atoms with Crippen molar-refractivity contribution in [1.29, 1.82) is 0 Å². The Morgan fingerprint density at radius 2 is 1.50 bits per heavy atom. The molecule has 0 aromatic heterocycles. The average molecular weight is 251 g/mol. The molecule has 2 saturated heterocycles. The molecule has 104 valence electrons. The van der Waals surface area contributed by atoms with Gasteiger partial charge in [0.15, 0.2) is 0 Å². The van der Waals surface area contributed by atoms with E-state index in [1.54, 1.807) is 0 Å². The van der Waals surface area contributed by atoms with E-state index in [-0.39, 0.29) is 0 Å². The van der Waals surface area contributed by atoms with E-state index in [9.17, 15) is 0 Å². The van der Waals surface area contributed by atoms with Gasteiger partial charge in [0.05, 0.1) is 0 Å². The van der Waals surface area contributed by atoms with Crippen LogP contribution in [-0.4, -0.2) is 61.7 Å². The highest BCUT2D eigenvalue weighted by molar-refractivity contribution is 4.83.